The smallest absolute Gasteiger partial charge is 0.158 e. The van der Waals surface area contributed by atoms with Gasteiger partial charge < -0.3 is 14.7 Å². The summed E-state index contributed by atoms with van der Waals surface area (Å²) >= 11 is 6.21. The molecule has 0 atom stereocenters. The number of quaternary nitrogens is 1. The van der Waals surface area contributed by atoms with Gasteiger partial charge in [-0.2, -0.15) is 0 Å². The maximum absolute atomic E-state index is 6.21. The molecule has 26 heavy (non-hydrogen) atoms. The van der Waals surface area contributed by atoms with Crippen molar-refractivity contribution in [3.8, 4) is 11.3 Å². The minimum atomic E-state index is 0.769. The second kappa shape index (κ2) is 7.40. The van der Waals surface area contributed by atoms with Gasteiger partial charge in [0.05, 0.1) is 6.54 Å². The summed E-state index contributed by atoms with van der Waals surface area (Å²) in [6, 6.07) is 18.4. The number of aromatic amines is 1. The lowest BCUT2D eigenvalue weighted by Gasteiger charge is -2.04. The van der Waals surface area contributed by atoms with E-state index in [1.54, 1.807) is 0 Å². The molecule has 0 fully saturated rings. The van der Waals surface area contributed by atoms with E-state index in [4.69, 9.17) is 16.0 Å². The van der Waals surface area contributed by atoms with Crippen molar-refractivity contribution in [2.75, 3.05) is 6.54 Å². The SMILES string of the molecule is Cc1c(Cl)cccc1-c1ccc(C[NH2+]CCc2c[nH]c3ccccc23)o1. The molecule has 4 heteroatoms. The fraction of sp³-hybridized carbons (Fsp3) is 0.182. The molecule has 3 N–H and O–H groups in total. The number of aromatic nitrogens is 1. The van der Waals surface area contributed by atoms with Crippen LogP contribution in [0.4, 0.5) is 0 Å². The Labute approximate surface area is 158 Å². The van der Waals surface area contributed by atoms with Gasteiger partial charge in [-0.3, -0.25) is 0 Å². The molecule has 0 spiro atoms. The number of hydrogen-bond donors (Lipinski definition) is 2. The lowest BCUT2D eigenvalue weighted by molar-refractivity contribution is -0.671. The monoisotopic (exact) mass is 365 g/mol. The number of H-pyrrole nitrogens is 1. The fourth-order valence-corrected chi connectivity index (χ4v) is 3.52. The topological polar surface area (TPSA) is 45.5 Å². The molecule has 4 aromatic rings. The highest BCUT2D eigenvalue weighted by molar-refractivity contribution is 6.31. The summed E-state index contributed by atoms with van der Waals surface area (Å²) < 4.78 is 6.02. The number of hydrogen-bond acceptors (Lipinski definition) is 1. The minimum absolute atomic E-state index is 0.769. The molecule has 0 bridgehead atoms. The molecular weight excluding hydrogens is 344 g/mol. The van der Waals surface area contributed by atoms with Crippen molar-refractivity contribution in [2.24, 2.45) is 0 Å². The van der Waals surface area contributed by atoms with Gasteiger partial charge in [0, 0.05) is 34.1 Å². The Morgan fingerprint density at radius 1 is 1.04 bits per heavy atom. The molecule has 4 rings (SSSR count). The lowest BCUT2D eigenvalue weighted by Crippen LogP contribution is -2.83. The molecule has 3 nitrogen and oxygen atoms in total. The van der Waals surface area contributed by atoms with Gasteiger partial charge in [0.25, 0.3) is 0 Å². The first kappa shape index (κ1) is 17.0. The Hall–Kier alpha value is -2.49. The predicted octanol–water partition coefficient (Wildman–Crippen LogP) is 4.70. The highest BCUT2D eigenvalue weighted by Gasteiger charge is 2.10. The van der Waals surface area contributed by atoms with Crippen LogP contribution in [-0.4, -0.2) is 11.5 Å². The third-order valence-electron chi connectivity index (χ3n) is 4.83. The number of benzene rings is 2. The van der Waals surface area contributed by atoms with E-state index >= 15 is 0 Å². The zero-order valence-electron chi connectivity index (χ0n) is 14.8. The Morgan fingerprint density at radius 2 is 1.92 bits per heavy atom. The largest absolute Gasteiger partial charge is 0.455 e. The van der Waals surface area contributed by atoms with Gasteiger partial charge >= 0.3 is 0 Å². The van der Waals surface area contributed by atoms with E-state index in [1.165, 1.54) is 16.5 Å². The summed E-state index contributed by atoms with van der Waals surface area (Å²) in [5, 5.41) is 4.37. The van der Waals surface area contributed by atoms with Crippen LogP contribution in [0.3, 0.4) is 0 Å². The molecule has 132 valence electrons. The fourth-order valence-electron chi connectivity index (χ4n) is 3.35. The number of furan rings is 1. The summed E-state index contributed by atoms with van der Waals surface area (Å²) in [7, 11) is 0. The molecular formula is C22H22ClN2O+. The molecule has 0 aliphatic rings. The summed E-state index contributed by atoms with van der Waals surface area (Å²) in [6.07, 6.45) is 3.15. The Kier molecular flexibility index (Phi) is 4.83. The molecule has 0 aliphatic carbocycles. The quantitative estimate of drug-likeness (QED) is 0.478. The van der Waals surface area contributed by atoms with Crippen molar-refractivity contribution in [1.29, 1.82) is 0 Å². The molecule has 2 aromatic carbocycles. The van der Waals surface area contributed by atoms with Gasteiger partial charge in [-0.25, -0.2) is 0 Å². The number of nitrogens with one attached hydrogen (secondary N) is 1. The first-order chi connectivity index (χ1) is 12.7. The first-order valence-electron chi connectivity index (χ1n) is 8.93. The van der Waals surface area contributed by atoms with E-state index in [0.717, 1.165) is 47.2 Å². The van der Waals surface area contributed by atoms with Crippen LogP contribution >= 0.6 is 11.6 Å². The number of para-hydroxylation sites is 1. The Bertz CT molecular complexity index is 1030. The van der Waals surface area contributed by atoms with Crippen molar-refractivity contribution >= 4 is 22.5 Å². The van der Waals surface area contributed by atoms with Gasteiger partial charge in [-0.05, 0) is 42.3 Å². The number of rotatable bonds is 6. The highest BCUT2D eigenvalue weighted by atomic mass is 35.5. The van der Waals surface area contributed by atoms with Crippen LogP contribution in [0.1, 0.15) is 16.9 Å². The molecule has 0 radical (unpaired) electrons. The van der Waals surface area contributed by atoms with Crippen molar-refractivity contribution < 1.29 is 9.73 Å². The first-order valence-corrected chi connectivity index (χ1v) is 9.31. The van der Waals surface area contributed by atoms with Crippen LogP contribution in [0, 0.1) is 6.92 Å². The zero-order valence-corrected chi connectivity index (χ0v) is 15.5. The maximum atomic E-state index is 6.21. The van der Waals surface area contributed by atoms with E-state index < -0.39 is 0 Å². The van der Waals surface area contributed by atoms with Crippen molar-refractivity contribution in [3.05, 3.63) is 82.7 Å². The van der Waals surface area contributed by atoms with Crippen LogP contribution in [-0.2, 0) is 13.0 Å². The summed E-state index contributed by atoms with van der Waals surface area (Å²) in [6.45, 7) is 3.88. The number of fused-ring (bicyclic) bond motifs is 1. The normalized spacial score (nSPS) is 11.3. The Morgan fingerprint density at radius 3 is 2.85 bits per heavy atom. The summed E-state index contributed by atoms with van der Waals surface area (Å²) in [5.41, 5.74) is 4.68. The molecule has 0 saturated carbocycles. The van der Waals surface area contributed by atoms with E-state index in [0.29, 0.717) is 0 Å². The molecule has 2 heterocycles. The third kappa shape index (κ3) is 3.41. The second-order valence-electron chi connectivity index (χ2n) is 6.57. The van der Waals surface area contributed by atoms with Crippen molar-refractivity contribution in [3.63, 3.8) is 0 Å². The molecule has 0 saturated heterocycles. The third-order valence-corrected chi connectivity index (χ3v) is 5.24. The Balaban J connectivity index is 1.36. The van der Waals surface area contributed by atoms with Crippen LogP contribution in [0.2, 0.25) is 5.02 Å². The predicted molar refractivity (Wildman–Crippen MR) is 106 cm³/mol. The van der Waals surface area contributed by atoms with Crippen LogP contribution in [0.25, 0.3) is 22.2 Å². The van der Waals surface area contributed by atoms with Crippen LogP contribution in [0.5, 0.6) is 0 Å². The second-order valence-corrected chi connectivity index (χ2v) is 6.98. The molecule has 0 unspecified atom stereocenters. The van der Waals surface area contributed by atoms with Crippen LogP contribution in [0.15, 0.2) is 65.2 Å². The van der Waals surface area contributed by atoms with E-state index in [2.05, 4.69) is 46.8 Å². The average molecular weight is 366 g/mol. The van der Waals surface area contributed by atoms with Gasteiger partial charge in [0.2, 0.25) is 0 Å². The average Bonchev–Trinajstić information content (AvgIpc) is 3.28. The number of halogens is 1. The van der Waals surface area contributed by atoms with E-state index in [9.17, 15) is 0 Å². The molecule has 0 amide bonds. The summed E-state index contributed by atoms with van der Waals surface area (Å²) in [4.78, 5) is 3.33. The molecule has 0 aliphatic heterocycles. The van der Waals surface area contributed by atoms with E-state index in [-0.39, 0.29) is 0 Å². The van der Waals surface area contributed by atoms with E-state index in [1.807, 2.05) is 31.2 Å². The van der Waals surface area contributed by atoms with Gasteiger partial charge in [-0.15, -0.1) is 0 Å². The standard InChI is InChI=1S/C22H21ClN2O/c1-15-18(6-4-7-20(15)23)22-10-9-17(26-22)14-24-12-11-16-13-25-21-8-3-2-5-19(16)21/h2-10,13,24-25H,11-12,14H2,1H3/p+1. The van der Waals surface area contributed by atoms with Gasteiger partial charge in [-0.1, -0.05) is 41.9 Å². The van der Waals surface area contributed by atoms with Gasteiger partial charge in [0.15, 0.2) is 5.76 Å². The van der Waals surface area contributed by atoms with Gasteiger partial charge in [0.1, 0.15) is 12.3 Å². The minimum Gasteiger partial charge on any atom is -0.455 e. The number of nitrogens with two attached hydrogens (primary N) is 1. The molecule has 2 aromatic heterocycles. The maximum Gasteiger partial charge on any atom is 0.158 e. The highest BCUT2D eigenvalue weighted by Crippen LogP contribution is 2.29. The lowest BCUT2D eigenvalue weighted by atomic mass is 10.1. The van der Waals surface area contributed by atoms with Crippen molar-refractivity contribution in [2.45, 2.75) is 19.9 Å². The summed E-state index contributed by atoms with van der Waals surface area (Å²) in [5.74, 6) is 1.86. The zero-order chi connectivity index (χ0) is 17.9. The van der Waals surface area contributed by atoms with Crippen LogP contribution < -0.4 is 5.32 Å². The van der Waals surface area contributed by atoms with Crippen molar-refractivity contribution in [1.82, 2.24) is 4.98 Å².